The van der Waals surface area contributed by atoms with Crippen LogP contribution in [0.4, 0.5) is 8.78 Å². The minimum Gasteiger partial charge on any atom is -0.481 e. The van der Waals surface area contributed by atoms with Gasteiger partial charge in [-0.2, -0.15) is 8.78 Å². The van der Waals surface area contributed by atoms with Crippen molar-refractivity contribution in [2.45, 2.75) is 51.3 Å². The first-order valence-corrected chi connectivity index (χ1v) is 8.00. The Morgan fingerprint density at radius 2 is 2.08 bits per heavy atom. The molecule has 7 heteroatoms. The van der Waals surface area contributed by atoms with Gasteiger partial charge in [-0.3, -0.25) is 9.59 Å². The highest BCUT2D eigenvalue weighted by Gasteiger charge is 2.60. The first-order chi connectivity index (χ1) is 11.4. The molecule has 130 valence electrons. The number of carbonyl (C=O) groups is 2. The van der Waals surface area contributed by atoms with Crippen molar-refractivity contribution in [1.29, 1.82) is 0 Å². The van der Waals surface area contributed by atoms with Crippen LogP contribution in [0.5, 0.6) is 5.75 Å². The number of nitrogens with zero attached hydrogens (tertiary/aromatic N) is 1. The van der Waals surface area contributed by atoms with Crippen LogP contribution in [0.15, 0.2) is 24.3 Å². The largest absolute Gasteiger partial charge is 0.481 e. The zero-order valence-corrected chi connectivity index (χ0v) is 13.2. The van der Waals surface area contributed by atoms with E-state index in [1.165, 1.54) is 18.2 Å². The molecule has 2 heterocycles. The number of fused-ring (bicyclic) bond motifs is 2. The minimum absolute atomic E-state index is 0.0481. The highest BCUT2D eigenvalue weighted by molar-refractivity contribution is 5.98. The van der Waals surface area contributed by atoms with Gasteiger partial charge in [0.1, 0.15) is 5.75 Å². The van der Waals surface area contributed by atoms with Gasteiger partial charge < -0.3 is 14.7 Å². The first kappa shape index (κ1) is 16.7. The smallest absolute Gasteiger partial charge is 0.387 e. The van der Waals surface area contributed by atoms with Gasteiger partial charge >= 0.3 is 12.6 Å². The molecule has 1 amide bonds. The van der Waals surface area contributed by atoms with Gasteiger partial charge in [-0.1, -0.05) is 19.1 Å². The van der Waals surface area contributed by atoms with Gasteiger partial charge in [0, 0.05) is 12.1 Å². The second kappa shape index (κ2) is 6.03. The quantitative estimate of drug-likeness (QED) is 0.895. The third kappa shape index (κ3) is 2.42. The normalized spacial score (nSPS) is 28.4. The second-order valence-corrected chi connectivity index (χ2v) is 6.35. The summed E-state index contributed by atoms with van der Waals surface area (Å²) in [5, 5.41) is 9.67. The van der Waals surface area contributed by atoms with Crippen molar-refractivity contribution in [2.24, 2.45) is 5.41 Å². The fraction of sp³-hybridized carbons (Fsp3) is 0.529. The summed E-state index contributed by atoms with van der Waals surface area (Å²) in [5.74, 6) is -1.51. The highest BCUT2D eigenvalue weighted by Crippen LogP contribution is 2.52. The second-order valence-electron chi connectivity index (χ2n) is 6.35. The molecule has 1 N–H and O–H groups in total. The SMILES string of the molecule is CC[C@@]1(C(=O)O)C[C@@H]2CC[C@H]1N2C(=O)c1ccccc1OC(F)F. The van der Waals surface area contributed by atoms with Gasteiger partial charge in [-0.15, -0.1) is 0 Å². The summed E-state index contributed by atoms with van der Waals surface area (Å²) in [7, 11) is 0. The molecule has 0 spiro atoms. The lowest BCUT2D eigenvalue weighted by atomic mass is 9.72. The molecule has 5 nitrogen and oxygen atoms in total. The maximum absolute atomic E-state index is 12.9. The first-order valence-electron chi connectivity index (χ1n) is 8.00. The number of rotatable bonds is 5. The number of hydrogen-bond donors (Lipinski definition) is 1. The van der Waals surface area contributed by atoms with Crippen LogP contribution < -0.4 is 4.74 Å². The van der Waals surface area contributed by atoms with Gasteiger partial charge in [0.15, 0.2) is 0 Å². The van der Waals surface area contributed by atoms with Crippen molar-refractivity contribution in [3.8, 4) is 5.75 Å². The summed E-state index contributed by atoms with van der Waals surface area (Å²) >= 11 is 0. The number of carbonyl (C=O) groups excluding carboxylic acids is 1. The molecule has 0 aromatic heterocycles. The molecule has 0 radical (unpaired) electrons. The molecule has 3 rings (SSSR count). The maximum Gasteiger partial charge on any atom is 0.387 e. The summed E-state index contributed by atoms with van der Waals surface area (Å²) in [6.45, 7) is -1.21. The number of aliphatic carboxylic acids is 1. The van der Waals surface area contributed by atoms with Crippen molar-refractivity contribution >= 4 is 11.9 Å². The van der Waals surface area contributed by atoms with Crippen LogP contribution >= 0.6 is 0 Å². The van der Waals surface area contributed by atoms with E-state index in [2.05, 4.69) is 4.74 Å². The van der Waals surface area contributed by atoms with Gasteiger partial charge in [-0.25, -0.2) is 0 Å². The number of ether oxygens (including phenoxy) is 1. The van der Waals surface area contributed by atoms with E-state index < -0.39 is 29.9 Å². The standard InChI is InChI=1S/C17H19F2NO4/c1-2-17(15(22)23)9-10-7-8-13(17)20(10)14(21)11-5-3-4-6-12(11)24-16(18)19/h3-6,10,13,16H,2,7-9H2,1H3,(H,22,23)/t10-,13+,17+/m0/s1. The third-order valence-electron chi connectivity index (χ3n) is 5.37. The van der Waals surface area contributed by atoms with Gasteiger partial charge in [0.05, 0.1) is 11.0 Å². The molecular formula is C17H19F2NO4. The van der Waals surface area contributed by atoms with E-state index in [4.69, 9.17) is 0 Å². The minimum atomic E-state index is -3.02. The van der Waals surface area contributed by atoms with Crippen LogP contribution in [-0.2, 0) is 4.79 Å². The van der Waals surface area contributed by atoms with E-state index >= 15 is 0 Å². The number of para-hydroxylation sites is 1. The topological polar surface area (TPSA) is 66.8 Å². The lowest BCUT2D eigenvalue weighted by molar-refractivity contribution is -0.151. The molecule has 2 aliphatic heterocycles. The van der Waals surface area contributed by atoms with E-state index in [1.54, 1.807) is 11.0 Å². The highest BCUT2D eigenvalue weighted by atomic mass is 19.3. The van der Waals surface area contributed by atoms with Gasteiger partial charge in [0.2, 0.25) is 0 Å². The Kier molecular flexibility index (Phi) is 4.19. The van der Waals surface area contributed by atoms with Crippen LogP contribution in [0.25, 0.3) is 0 Å². The Morgan fingerprint density at radius 3 is 2.67 bits per heavy atom. The zero-order valence-electron chi connectivity index (χ0n) is 13.2. The molecule has 0 saturated carbocycles. The summed E-state index contributed by atoms with van der Waals surface area (Å²) < 4.78 is 29.6. The Labute approximate surface area is 138 Å². The van der Waals surface area contributed by atoms with E-state index in [0.29, 0.717) is 19.3 Å². The van der Waals surface area contributed by atoms with Crippen molar-refractivity contribution in [3.05, 3.63) is 29.8 Å². The van der Waals surface area contributed by atoms with Crippen molar-refractivity contribution < 1.29 is 28.2 Å². The van der Waals surface area contributed by atoms with Crippen LogP contribution in [0, 0.1) is 5.41 Å². The van der Waals surface area contributed by atoms with Crippen LogP contribution in [0.1, 0.15) is 43.0 Å². The lowest BCUT2D eigenvalue weighted by Gasteiger charge is -2.32. The van der Waals surface area contributed by atoms with Crippen LogP contribution in [-0.4, -0.2) is 40.6 Å². The van der Waals surface area contributed by atoms with Crippen molar-refractivity contribution in [2.75, 3.05) is 0 Å². The average Bonchev–Trinajstić information content (AvgIpc) is 3.10. The number of hydrogen-bond acceptors (Lipinski definition) is 3. The lowest BCUT2D eigenvalue weighted by Crippen LogP contribution is -2.44. The molecule has 2 bridgehead atoms. The molecular weight excluding hydrogens is 320 g/mol. The Balaban J connectivity index is 1.94. The van der Waals surface area contributed by atoms with Gasteiger partial charge in [-0.05, 0) is 37.8 Å². The molecule has 1 aromatic rings. The number of amides is 1. The summed E-state index contributed by atoms with van der Waals surface area (Å²) in [4.78, 5) is 26.3. The molecule has 2 aliphatic rings. The summed E-state index contributed by atoms with van der Waals surface area (Å²) in [5.41, 5.74) is -0.899. The maximum atomic E-state index is 12.9. The summed E-state index contributed by atoms with van der Waals surface area (Å²) in [6, 6.07) is 5.28. The predicted molar refractivity (Wildman–Crippen MR) is 81.0 cm³/mol. The number of benzene rings is 1. The third-order valence-corrected chi connectivity index (χ3v) is 5.37. The molecule has 3 atom stereocenters. The fourth-order valence-electron chi connectivity index (χ4n) is 4.23. The molecule has 24 heavy (non-hydrogen) atoms. The average molecular weight is 339 g/mol. The number of halogens is 2. The number of carboxylic acids is 1. The molecule has 0 aliphatic carbocycles. The van der Waals surface area contributed by atoms with Crippen LogP contribution in [0.3, 0.4) is 0 Å². The number of alkyl halides is 2. The Morgan fingerprint density at radius 1 is 1.38 bits per heavy atom. The number of carboxylic acid groups (broad SMARTS) is 1. The van der Waals surface area contributed by atoms with E-state index in [1.807, 2.05) is 6.92 Å². The Hall–Kier alpha value is -2.18. The van der Waals surface area contributed by atoms with Gasteiger partial charge in [0.25, 0.3) is 5.91 Å². The van der Waals surface area contributed by atoms with Crippen molar-refractivity contribution in [3.63, 3.8) is 0 Å². The zero-order chi connectivity index (χ0) is 17.5. The van der Waals surface area contributed by atoms with Crippen molar-refractivity contribution in [1.82, 2.24) is 4.90 Å². The predicted octanol–water partition coefficient (Wildman–Crippen LogP) is 3.15. The Bertz CT molecular complexity index is 666. The molecule has 2 saturated heterocycles. The van der Waals surface area contributed by atoms with E-state index in [9.17, 15) is 23.5 Å². The van der Waals surface area contributed by atoms with E-state index in [0.717, 1.165) is 6.42 Å². The van der Waals surface area contributed by atoms with Crippen LogP contribution in [0.2, 0.25) is 0 Å². The monoisotopic (exact) mass is 339 g/mol. The fourth-order valence-corrected chi connectivity index (χ4v) is 4.23. The molecule has 0 unspecified atom stereocenters. The summed E-state index contributed by atoms with van der Waals surface area (Å²) in [6.07, 6.45) is 2.20. The molecule has 1 aromatic carbocycles. The molecule has 2 fully saturated rings. The van der Waals surface area contributed by atoms with E-state index in [-0.39, 0.29) is 17.4 Å².